The van der Waals surface area contributed by atoms with Crippen LogP contribution in [-0.2, 0) is 10.8 Å². The molecule has 1 aromatic heterocycles. The van der Waals surface area contributed by atoms with Crippen molar-refractivity contribution in [3.05, 3.63) is 150 Å². The maximum absolute atomic E-state index is 2.56. The highest BCUT2D eigenvalue weighted by Crippen LogP contribution is 2.69. The molecule has 1 spiro atoms. The lowest BCUT2D eigenvalue weighted by molar-refractivity contribution is -0.0399. The molecule has 6 aliphatic carbocycles. The Kier molecular flexibility index (Phi) is 5.28. The van der Waals surface area contributed by atoms with Gasteiger partial charge in [0.1, 0.15) is 0 Å². The molecule has 4 fully saturated rings. The van der Waals surface area contributed by atoms with E-state index < -0.39 is 0 Å². The largest absolute Gasteiger partial charge is 0.309 e. The summed E-state index contributed by atoms with van der Waals surface area (Å²) in [4.78, 5) is 0. The molecule has 0 aliphatic heterocycles. The number of hydrogen-bond acceptors (Lipinski definition) is 0. The van der Waals surface area contributed by atoms with Crippen molar-refractivity contribution in [2.45, 2.75) is 56.8 Å². The van der Waals surface area contributed by atoms with E-state index in [2.05, 4.69) is 146 Å². The van der Waals surface area contributed by atoms with Crippen molar-refractivity contribution in [3.63, 3.8) is 0 Å². The Morgan fingerprint density at radius 1 is 0.480 bits per heavy atom. The zero-order valence-electron chi connectivity index (χ0n) is 28.9. The van der Waals surface area contributed by atoms with Crippen LogP contribution in [0.2, 0.25) is 0 Å². The highest BCUT2D eigenvalue weighted by atomic mass is 15.0. The highest BCUT2D eigenvalue weighted by molar-refractivity contribution is 6.11. The minimum absolute atomic E-state index is 0.0324. The lowest BCUT2D eigenvalue weighted by atomic mass is 9.43. The van der Waals surface area contributed by atoms with Gasteiger partial charge in [-0.3, -0.25) is 0 Å². The Morgan fingerprint density at radius 3 is 1.92 bits per heavy atom. The predicted octanol–water partition coefficient (Wildman–Crippen LogP) is 12.5. The van der Waals surface area contributed by atoms with E-state index in [4.69, 9.17) is 0 Å². The second-order valence-electron chi connectivity index (χ2n) is 16.9. The molecule has 13 rings (SSSR count). The first kappa shape index (κ1) is 27.9. The average molecular weight is 644 g/mol. The summed E-state index contributed by atoms with van der Waals surface area (Å²) in [5, 5.41) is 2.63. The van der Waals surface area contributed by atoms with Crippen LogP contribution in [0.25, 0.3) is 60.9 Å². The van der Waals surface area contributed by atoms with Gasteiger partial charge < -0.3 is 4.57 Å². The van der Waals surface area contributed by atoms with Gasteiger partial charge in [-0.1, -0.05) is 111 Å². The van der Waals surface area contributed by atoms with Crippen molar-refractivity contribution in [2.24, 2.45) is 23.7 Å². The summed E-state index contributed by atoms with van der Waals surface area (Å²) < 4.78 is 2.53. The number of nitrogens with zero attached hydrogens (tertiary/aromatic N) is 1. The summed E-state index contributed by atoms with van der Waals surface area (Å²) in [6.07, 6.45) is 7.20. The SMILES string of the molecule is CC1(C)c2ccccc2-c2c(-n3c4ccccc4c4cc(-c5ccc6c(c5)-c5ccccc5C65C6CC7CC(C6)CC5C7)ccc43)cccc21. The van der Waals surface area contributed by atoms with Gasteiger partial charge >= 0.3 is 0 Å². The topological polar surface area (TPSA) is 4.93 Å². The fourth-order valence-corrected chi connectivity index (χ4v) is 12.7. The van der Waals surface area contributed by atoms with E-state index in [1.165, 1.54) is 104 Å². The molecule has 6 aliphatic rings. The molecule has 0 atom stereocenters. The number of fused-ring (bicyclic) bond motifs is 9. The number of benzene rings is 6. The van der Waals surface area contributed by atoms with Crippen molar-refractivity contribution in [3.8, 4) is 39.1 Å². The van der Waals surface area contributed by atoms with Gasteiger partial charge in [-0.25, -0.2) is 0 Å². The molecule has 0 radical (unpaired) electrons. The fraction of sp³-hybridized carbons (Fsp3) is 0.265. The van der Waals surface area contributed by atoms with Crippen LogP contribution in [0.3, 0.4) is 0 Å². The van der Waals surface area contributed by atoms with Gasteiger partial charge in [0, 0.05) is 27.2 Å². The molecule has 0 amide bonds. The third-order valence-electron chi connectivity index (χ3n) is 14.4. The first-order valence-electron chi connectivity index (χ1n) is 19.0. The standard InChI is InChI=1S/C49H41N/c1-48(2)40-13-6-4-12-37(40)47-43(48)15-9-17-46(47)50-44-16-8-5-11-36(44)39-28-32(19-21-45(39)50)31-18-20-42-38(27-31)35-10-3-7-14-41(35)49(42)33-23-29-22-30(25-33)26-34(49)24-29/h3-21,27-30,33-34H,22-26H2,1-2H3. The van der Waals surface area contributed by atoms with E-state index in [0.29, 0.717) is 0 Å². The quantitative estimate of drug-likeness (QED) is 0.177. The highest BCUT2D eigenvalue weighted by Gasteiger charge is 2.61. The molecule has 4 saturated carbocycles. The summed E-state index contributed by atoms with van der Waals surface area (Å²) in [5.41, 5.74) is 18.4. The van der Waals surface area contributed by atoms with E-state index in [1.54, 1.807) is 11.1 Å². The predicted molar refractivity (Wildman–Crippen MR) is 207 cm³/mol. The van der Waals surface area contributed by atoms with Crippen LogP contribution < -0.4 is 0 Å². The third kappa shape index (κ3) is 3.31. The summed E-state index contributed by atoms with van der Waals surface area (Å²) >= 11 is 0. The molecule has 0 saturated heterocycles. The number of rotatable bonds is 2. The van der Waals surface area contributed by atoms with Gasteiger partial charge in [0.05, 0.1) is 16.7 Å². The average Bonchev–Trinajstić information content (AvgIpc) is 3.72. The summed E-state index contributed by atoms with van der Waals surface area (Å²) in [5.74, 6) is 3.52. The molecular weight excluding hydrogens is 603 g/mol. The molecule has 1 nitrogen and oxygen atoms in total. The van der Waals surface area contributed by atoms with Crippen LogP contribution in [0, 0.1) is 23.7 Å². The van der Waals surface area contributed by atoms with E-state index in [0.717, 1.165) is 23.7 Å². The second-order valence-corrected chi connectivity index (χ2v) is 16.9. The first-order chi connectivity index (χ1) is 24.5. The first-order valence-corrected chi connectivity index (χ1v) is 19.0. The Morgan fingerprint density at radius 2 is 1.10 bits per heavy atom. The van der Waals surface area contributed by atoms with Gasteiger partial charge in [-0.15, -0.1) is 0 Å². The van der Waals surface area contributed by atoms with Crippen molar-refractivity contribution in [2.75, 3.05) is 0 Å². The van der Waals surface area contributed by atoms with Crippen LogP contribution in [0.1, 0.15) is 68.2 Å². The smallest absolute Gasteiger partial charge is 0.0543 e. The van der Waals surface area contributed by atoms with E-state index in [-0.39, 0.29) is 10.8 Å². The van der Waals surface area contributed by atoms with E-state index in [1.807, 2.05) is 0 Å². The summed E-state index contributed by atoms with van der Waals surface area (Å²) in [6.45, 7) is 4.75. The Bertz CT molecular complexity index is 2560. The Hall–Kier alpha value is -4.88. The number of para-hydroxylation sites is 1. The van der Waals surface area contributed by atoms with Crippen molar-refractivity contribution in [1.82, 2.24) is 4.57 Å². The Balaban J connectivity index is 1.04. The van der Waals surface area contributed by atoms with Crippen molar-refractivity contribution >= 4 is 21.8 Å². The van der Waals surface area contributed by atoms with Crippen LogP contribution >= 0.6 is 0 Å². The van der Waals surface area contributed by atoms with Gasteiger partial charge in [-0.2, -0.15) is 0 Å². The molecule has 0 N–H and O–H groups in total. The minimum Gasteiger partial charge on any atom is -0.309 e. The molecule has 0 unspecified atom stereocenters. The van der Waals surface area contributed by atoms with Crippen LogP contribution in [0.15, 0.2) is 127 Å². The maximum atomic E-state index is 2.56. The van der Waals surface area contributed by atoms with Crippen LogP contribution in [-0.4, -0.2) is 4.57 Å². The second kappa shape index (κ2) is 9.46. The van der Waals surface area contributed by atoms with Gasteiger partial charge in [0.2, 0.25) is 0 Å². The normalized spacial score (nSPS) is 26.0. The molecular formula is C49H41N. The summed E-state index contributed by atoms with van der Waals surface area (Å²) in [7, 11) is 0. The van der Waals surface area contributed by atoms with Crippen molar-refractivity contribution in [1.29, 1.82) is 0 Å². The zero-order chi connectivity index (χ0) is 32.9. The van der Waals surface area contributed by atoms with Gasteiger partial charge in [0.15, 0.2) is 0 Å². The molecule has 242 valence electrons. The molecule has 1 heterocycles. The molecule has 1 heteroatoms. The number of aromatic nitrogens is 1. The van der Waals surface area contributed by atoms with Gasteiger partial charge in [-0.05, 0) is 136 Å². The Labute approximate surface area is 294 Å². The summed E-state index contributed by atoms with van der Waals surface area (Å²) in [6, 6.07) is 49.3. The van der Waals surface area contributed by atoms with E-state index in [9.17, 15) is 0 Å². The fourth-order valence-electron chi connectivity index (χ4n) is 12.7. The molecule has 6 aromatic carbocycles. The lowest BCUT2D eigenvalue weighted by Crippen LogP contribution is -2.55. The third-order valence-corrected chi connectivity index (χ3v) is 14.4. The monoisotopic (exact) mass is 643 g/mol. The van der Waals surface area contributed by atoms with Crippen LogP contribution in [0.4, 0.5) is 0 Å². The van der Waals surface area contributed by atoms with Crippen LogP contribution in [0.5, 0.6) is 0 Å². The molecule has 50 heavy (non-hydrogen) atoms. The maximum Gasteiger partial charge on any atom is 0.0543 e. The molecule has 4 bridgehead atoms. The van der Waals surface area contributed by atoms with Gasteiger partial charge in [0.25, 0.3) is 0 Å². The minimum atomic E-state index is -0.0324. The van der Waals surface area contributed by atoms with Crippen molar-refractivity contribution < 1.29 is 0 Å². The molecule has 7 aromatic rings. The van der Waals surface area contributed by atoms with E-state index >= 15 is 0 Å². The lowest BCUT2D eigenvalue weighted by Gasteiger charge is -2.61. The number of hydrogen-bond donors (Lipinski definition) is 0. The zero-order valence-corrected chi connectivity index (χ0v) is 28.9.